The second-order valence-electron chi connectivity index (χ2n) is 4.29. The number of nitrogens with zero attached hydrogens (tertiary/aromatic N) is 1. The van der Waals surface area contributed by atoms with E-state index >= 15 is 0 Å². The molecule has 0 heterocycles. The van der Waals surface area contributed by atoms with Crippen LogP contribution in [0.5, 0.6) is 11.5 Å². The molecule has 106 valence electrons. The van der Waals surface area contributed by atoms with Crippen molar-refractivity contribution in [3.8, 4) is 11.5 Å². The molecule has 1 rings (SSSR count). The van der Waals surface area contributed by atoms with Gasteiger partial charge in [0.15, 0.2) is 0 Å². The van der Waals surface area contributed by atoms with Gasteiger partial charge < -0.3 is 14.8 Å². The van der Waals surface area contributed by atoms with Crippen LogP contribution in [0.4, 0.5) is 5.69 Å². The quantitative estimate of drug-likeness (QED) is 0.445. The topological polar surface area (TPSA) is 73.6 Å². The Morgan fingerprint density at radius 3 is 2.58 bits per heavy atom. The van der Waals surface area contributed by atoms with Crippen molar-refractivity contribution in [1.29, 1.82) is 0 Å². The molecule has 1 aromatic rings. The van der Waals surface area contributed by atoms with E-state index in [1.807, 2.05) is 20.8 Å². The minimum absolute atomic E-state index is 0.0309. The third-order valence-corrected chi connectivity index (χ3v) is 2.24. The maximum Gasteiger partial charge on any atom is 0.276 e. The number of rotatable bonds is 8. The second-order valence-corrected chi connectivity index (χ2v) is 4.29. The average molecular weight is 268 g/mol. The number of nitro benzene ring substituents is 1. The smallest absolute Gasteiger partial charge is 0.276 e. The Morgan fingerprint density at radius 2 is 2.00 bits per heavy atom. The van der Waals surface area contributed by atoms with E-state index in [2.05, 4.69) is 5.32 Å². The molecule has 0 saturated heterocycles. The molecule has 0 aliphatic carbocycles. The van der Waals surface area contributed by atoms with E-state index in [1.165, 1.54) is 12.1 Å². The average Bonchev–Trinajstić information content (AvgIpc) is 2.33. The molecule has 0 atom stereocenters. The molecule has 0 bridgehead atoms. The van der Waals surface area contributed by atoms with Gasteiger partial charge in [-0.05, 0) is 20.4 Å². The van der Waals surface area contributed by atoms with E-state index in [1.54, 1.807) is 6.07 Å². The number of nitro groups is 1. The molecule has 0 spiro atoms. The van der Waals surface area contributed by atoms with Crippen LogP contribution < -0.4 is 14.8 Å². The molecule has 0 aliphatic heterocycles. The first kappa shape index (κ1) is 15.2. The van der Waals surface area contributed by atoms with Gasteiger partial charge in [0.05, 0.1) is 23.2 Å². The summed E-state index contributed by atoms with van der Waals surface area (Å²) < 4.78 is 10.9. The SMILES string of the molecule is CCNCCOc1cc(OC(C)C)cc([N+](=O)[O-])c1. The highest BCUT2D eigenvalue weighted by atomic mass is 16.6. The zero-order chi connectivity index (χ0) is 14.3. The molecule has 0 aromatic heterocycles. The number of nitrogens with one attached hydrogen (secondary N) is 1. The lowest BCUT2D eigenvalue weighted by Gasteiger charge is -2.12. The summed E-state index contributed by atoms with van der Waals surface area (Å²) in [6.45, 7) is 7.74. The van der Waals surface area contributed by atoms with Crippen molar-refractivity contribution in [3.05, 3.63) is 28.3 Å². The first-order valence-electron chi connectivity index (χ1n) is 6.32. The molecule has 0 amide bonds. The zero-order valence-corrected chi connectivity index (χ0v) is 11.5. The van der Waals surface area contributed by atoms with Crippen LogP contribution in [0.2, 0.25) is 0 Å². The Morgan fingerprint density at radius 1 is 1.32 bits per heavy atom. The minimum atomic E-state index is -0.454. The van der Waals surface area contributed by atoms with Crippen molar-refractivity contribution in [2.24, 2.45) is 0 Å². The highest BCUT2D eigenvalue weighted by molar-refractivity contribution is 5.46. The van der Waals surface area contributed by atoms with E-state index in [4.69, 9.17) is 9.47 Å². The van der Waals surface area contributed by atoms with E-state index in [0.717, 1.165) is 6.54 Å². The van der Waals surface area contributed by atoms with E-state index in [9.17, 15) is 10.1 Å². The molecule has 0 unspecified atom stereocenters. The predicted molar refractivity (Wildman–Crippen MR) is 72.9 cm³/mol. The zero-order valence-electron chi connectivity index (χ0n) is 11.5. The van der Waals surface area contributed by atoms with Crippen LogP contribution in [0, 0.1) is 10.1 Å². The molecule has 1 aromatic carbocycles. The number of non-ortho nitro benzene ring substituents is 1. The summed E-state index contributed by atoms with van der Waals surface area (Å²) in [7, 11) is 0. The first-order valence-corrected chi connectivity index (χ1v) is 6.32. The molecule has 0 aliphatic rings. The van der Waals surface area contributed by atoms with Gasteiger partial charge in [-0.1, -0.05) is 6.92 Å². The van der Waals surface area contributed by atoms with Crippen molar-refractivity contribution in [1.82, 2.24) is 5.32 Å². The third-order valence-electron chi connectivity index (χ3n) is 2.24. The van der Waals surface area contributed by atoms with Gasteiger partial charge in [0, 0.05) is 12.6 Å². The van der Waals surface area contributed by atoms with Crippen molar-refractivity contribution >= 4 is 5.69 Å². The monoisotopic (exact) mass is 268 g/mol. The summed E-state index contributed by atoms with van der Waals surface area (Å²) in [4.78, 5) is 10.4. The Balaban J connectivity index is 2.78. The highest BCUT2D eigenvalue weighted by Gasteiger charge is 2.12. The van der Waals surface area contributed by atoms with Crippen LogP contribution in [0.1, 0.15) is 20.8 Å². The van der Waals surface area contributed by atoms with Crippen LogP contribution >= 0.6 is 0 Å². The fourth-order valence-electron chi connectivity index (χ4n) is 1.50. The molecule has 6 nitrogen and oxygen atoms in total. The van der Waals surface area contributed by atoms with Gasteiger partial charge >= 0.3 is 0 Å². The summed E-state index contributed by atoms with van der Waals surface area (Å²) in [6, 6.07) is 4.47. The molecule has 19 heavy (non-hydrogen) atoms. The molecule has 6 heteroatoms. The van der Waals surface area contributed by atoms with Gasteiger partial charge in [-0.25, -0.2) is 0 Å². The summed E-state index contributed by atoms with van der Waals surface area (Å²) in [5, 5.41) is 14.0. The standard InChI is InChI=1S/C13H20N2O4/c1-4-14-5-6-18-12-7-11(15(16)17)8-13(9-12)19-10(2)3/h7-10,14H,4-6H2,1-3H3. The molecule has 0 radical (unpaired) electrons. The number of benzene rings is 1. The minimum Gasteiger partial charge on any atom is -0.492 e. The van der Waals surface area contributed by atoms with Crippen LogP contribution in [0.3, 0.4) is 0 Å². The molecule has 1 N–H and O–H groups in total. The Hall–Kier alpha value is -1.82. The van der Waals surface area contributed by atoms with Crippen LogP contribution in [0.15, 0.2) is 18.2 Å². The van der Waals surface area contributed by atoms with Crippen LogP contribution in [-0.4, -0.2) is 30.7 Å². The highest BCUT2D eigenvalue weighted by Crippen LogP contribution is 2.28. The summed E-state index contributed by atoms with van der Waals surface area (Å²) in [5.74, 6) is 0.894. The van der Waals surface area contributed by atoms with Gasteiger partial charge in [0.1, 0.15) is 18.1 Å². The van der Waals surface area contributed by atoms with Gasteiger partial charge in [-0.2, -0.15) is 0 Å². The van der Waals surface area contributed by atoms with Gasteiger partial charge in [0.25, 0.3) is 5.69 Å². The number of hydrogen-bond acceptors (Lipinski definition) is 5. The van der Waals surface area contributed by atoms with Crippen LogP contribution in [-0.2, 0) is 0 Å². The van der Waals surface area contributed by atoms with E-state index in [-0.39, 0.29) is 11.8 Å². The lowest BCUT2D eigenvalue weighted by atomic mass is 10.3. The van der Waals surface area contributed by atoms with E-state index in [0.29, 0.717) is 24.7 Å². The van der Waals surface area contributed by atoms with Gasteiger partial charge in [-0.3, -0.25) is 10.1 Å². The number of hydrogen-bond donors (Lipinski definition) is 1. The number of likely N-dealkylation sites (N-methyl/N-ethyl adjacent to an activating group) is 1. The van der Waals surface area contributed by atoms with E-state index < -0.39 is 4.92 Å². The van der Waals surface area contributed by atoms with Crippen molar-refractivity contribution in [2.45, 2.75) is 26.9 Å². The largest absolute Gasteiger partial charge is 0.492 e. The summed E-state index contributed by atoms with van der Waals surface area (Å²) in [6.07, 6.45) is -0.0448. The molecule has 0 fully saturated rings. The van der Waals surface area contributed by atoms with Crippen molar-refractivity contribution < 1.29 is 14.4 Å². The van der Waals surface area contributed by atoms with Crippen molar-refractivity contribution in [2.75, 3.05) is 19.7 Å². The van der Waals surface area contributed by atoms with Crippen molar-refractivity contribution in [3.63, 3.8) is 0 Å². The van der Waals surface area contributed by atoms with Gasteiger partial charge in [-0.15, -0.1) is 0 Å². The van der Waals surface area contributed by atoms with Crippen LogP contribution in [0.25, 0.3) is 0 Å². The number of ether oxygens (including phenoxy) is 2. The maximum absolute atomic E-state index is 10.8. The Labute approximate surface area is 112 Å². The maximum atomic E-state index is 10.8. The predicted octanol–water partition coefficient (Wildman–Crippen LogP) is 2.37. The fourth-order valence-corrected chi connectivity index (χ4v) is 1.50. The lowest BCUT2D eigenvalue weighted by molar-refractivity contribution is -0.385. The normalized spacial score (nSPS) is 10.5. The summed E-state index contributed by atoms with van der Waals surface area (Å²) >= 11 is 0. The fraction of sp³-hybridized carbons (Fsp3) is 0.538. The lowest BCUT2D eigenvalue weighted by Crippen LogP contribution is -2.20. The first-order chi connectivity index (χ1) is 9.02. The Bertz CT molecular complexity index is 421. The second kappa shape index (κ2) is 7.58. The molecular weight excluding hydrogens is 248 g/mol. The molecule has 0 saturated carbocycles. The molecular formula is C13H20N2O4. The summed E-state index contributed by atoms with van der Waals surface area (Å²) in [5.41, 5.74) is -0.0309. The van der Waals surface area contributed by atoms with Gasteiger partial charge in [0.2, 0.25) is 0 Å². The Kier molecular flexibility index (Phi) is 6.08. The third kappa shape index (κ3) is 5.56.